The molecule has 0 saturated heterocycles. The Morgan fingerprint density at radius 3 is 1.62 bits per heavy atom. The van der Waals surface area contributed by atoms with Gasteiger partial charge in [-0.1, -0.05) is 84.0 Å². The fourth-order valence-electron chi connectivity index (χ4n) is 3.55. The van der Waals surface area contributed by atoms with Gasteiger partial charge >= 0.3 is 6.03 Å². The van der Waals surface area contributed by atoms with E-state index in [0.717, 1.165) is 25.8 Å². The molecule has 5 nitrogen and oxygen atoms in total. The van der Waals surface area contributed by atoms with Crippen molar-refractivity contribution in [1.82, 2.24) is 15.1 Å². The maximum atomic E-state index is 12.3. The summed E-state index contributed by atoms with van der Waals surface area (Å²) < 4.78 is 0. The second-order valence-corrected chi connectivity index (χ2v) is 8.52. The van der Waals surface area contributed by atoms with Gasteiger partial charge in [0.25, 0.3) is 0 Å². The van der Waals surface area contributed by atoms with Crippen LogP contribution in [0.25, 0.3) is 0 Å². The summed E-state index contributed by atoms with van der Waals surface area (Å²) in [4.78, 5) is 27.9. The van der Waals surface area contributed by atoms with E-state index in [0.29, 0.717) is 19.5 Å². The molecule has 0 rings (SSSR count). The first-order valence-electron chi connectivity index (χ1n) is 12.3. The lowest BCUT2D eigenvalue weighted by Crippen LogP contribution is -2.44. The highest BCUT2D eigenvalue weighted by molar-refractivity contribution is 5.94. The highest BCUT2D eigenvalue weighted by atomic mass is 16.2. The number of carbonyl (C=O) groups is 2. The van der Waals surface area contributed by atoms with Crippen molar-refractivity contribution >= 4 is 11.9 Å². The average Bonchev–Trinajstić information content (AvgIpc) is 2.69. The Kier molecular flexibility index (Phi) is 19.4. The van der Waals surface area contributed by atoms with E-state index in [4.69, 9.17) is 0 Å². The van der Waals surface area contributed by atoms with Crippen LogP contribution in [0.5, 0.6) is 0 Å². The van der Waals surface area contributed by atoms with Gasteiger partial charge < -0.3 is 10.2 Å². The Hall–Kier alpha value is -1.10. The van der Waals surface area contributed by atoms with Gasteiger partial charge in [0.05, 0.1) is 0 Å². The topological polar surface area (TPSA) is 52.7 Å². The summed E-state index contributed by atoms with van der Waals surface area (Å²) >= 11 is 0. The number of hydrogen-bond donors (Lipinski definition) is 1. The van der Waals surface area contributed by atoms with Gasteiger partial charge in [-0.3, -0.25) is 9.69 Å². The van der Waals surface area contributed by atoms with Crippen LogP contribution in [0.15, 0.2) is 0 Å². The summed E-state index contributed by atoms with van der Waals surface area (Å²) in [6.45, 7) is 6.11. The van der Waals surface area contributed by atoms with E-state index >= 15 is 0 Å². The standard InChI is InChI=1S/C24H49N3O2/c1-5-7-8-9-10-11-12-13-14-15-16-17-18-20-23(28)27(6-2)24(29)25-21-19-22-26(3)4/h5-22H2,1-4H3,(H,25,29). The van der Waals surface area contributed by atoms with Gasteiger partial charge in [-0.25, -0.2) is 4.79 Å². The summed E-state index contributed by atoms with van der Waals surface area (Å²) in [5.41, 5.74) is 0. The SMILES string of the molecule is CCCCCCCCCCCCCCCC(=O)N(CC)C(=O)NCCCN(C)C. The molecular formula is C24H49N3O2. The number of nitrogens with zero attached hydrogens (tertiary/aromatic N) is 2. The zero-order chi connectivity index (χ0) is 21.7. The number of hydrogen-bond acceptors (Lipinski definition) is 3. The van der Waals surface area contributed by atoms with Gasteiger partial charge in [0, 0.05) is 19.5 Å². The molecule has 0 atom stereocenters. The van der Waals surface area contributed by atoms with Gasteiger partial charge in [0.15, 0.2) is 0 Å². The fourth-order valence-corrected chi connectivity index (χ4v) is 3.55. The quantitative estimate of drug-likeness (QED) is 0.266. The maximum absolute atomic E-state index is 12.3. The number of amides is 3. The third-order valence-electron chi connectivity index (χ3n) is 5.41. The molecule has 0 unspecified atom stereocenters. The molecule has 3 amide bonds. The van der Waals surface area contributed by atoms with Gasteiger partial charge in [-0.2, -0.15) is 0 Å². The molecule has 0 aromatic heterocycles. The molecule has 172 valence electrons. The van der Waals surface area contributed by atoms with Crippen molar-refractivity contribution in [2.24, 2.45) is 0 Å². The molecule has 0 radical (unpaired) electrons. The van der Waals surface area contributed by atoms with Crippen LogP contribution in [0.4, 0.5) is 4.79 Å². The van der Waals surface area contributed by atoms with Crippen molar-refractivity contribution in [2.45, 2.75) is 110 Å². The third-order valence-corrected chi connectivity index (χ3v) is 5.41. The number of rotatable bonds is 19. The molecule has 0 bridgehead atoms. The number of nitrogens with one attached hydrogen (secondary N) is 1. The third kappa shape index (κ3) is 17.5. The second kappa shape index (κ2) is 20.2. The Bertz CT molecular complexity index is 400. The monoisotopic (exact) mass is 411 g/mol. The average molecular weight is 412 g/mol. The van der Waals surface area contributed by atoms with Crippen LogP contribution >= 0.6 is 0 Å². The Morgan fingerprint density at radius 1 is 0.690 bits per heavy atom. The van der Waals surface area contributed by atoms with E-state index in [1.165, 1.54) is 75.5 Å². The molecule has 0 spiro atoms. The smallest absolute Gasteiger partial charge is 0.324 e. The summed E-state index contributed by atoms with van der Waals surface area (Å²) in [7, 11) is 4.03. The van der Waals surface area contributed by atoms with Crippen LogP contribution in [0.1, 0.15) is 110 Å². The largest absolute Gasteiger partial charge is 0.338 e. The molecule has 0 aliphatic heterocycles. The Morgan fingerprint density at radius 2 is 1.17 bits per heavy atom. The first-order valence-corrected chi connectivity index (χ1v) is 12.3. The highest BCUT2D eigenvalue weighted by Gasteiger charge is 2.18. The first kappa shape index (κ1) is 27.9. The molecule has 0 aliphatic rings. The van der Waals surface area contributed by atoms with Crippen molar-refractivity contribution in [3.8, 4) is 0 Å². The van der Waals surface area contributed by atoms with E-state index in [9.17, 15) is 9.59 Å². The lowest BCUT2D eigenvalue weighted by molar-refractivity contribution is -0.128. The van der Waals surface area contributed by atoms with E-state index in [1.807, 2.05) is 21.0 Å². The Balaban J connectivity index is 3.61. The van der Waals surface area contributed by atoms with Gasteiger partial charge in [0.2, 0.25) is 5.91 Å². The highest BCUT2D eigenvalue weighted by Crippen LogP contribution is 2.13. The molecule has 0 aromatic carbocycles. The zero-order valence-corrected chi connectivity index (χ0v) is 19.9. The lowest BCUT2D eigenvalue weighted by atomic mass is 10.0. The molecule has 0 heterocycles. The molecular weight excluding hydrogens is 362 g/mol. The Labute approximate surface area is 181 Å². The van der Waals surface area contributed by atoms with E-state index in [-0.39, 0.29) is 11.9 Å². The van der Waals surface area contributed by atoms with Crippen molar-refractivity contribution in [1.29, 1.82) is 0 Å². The second-order valence-electron chi connectivity index (χ2n) is 8.52. The van der Waals surface area contributed by atoms with Crippen LogP contribution in [0.2, 0.25) is 0 Å². The predicted octanol–water partition coefficient (Wildman–Crippen LogP) is 5.98. The lowest BCUT2D eigenvalue weighted by Gasteiger charge is -2.20. The number of unbranched alkanes of at least 4 members (excludes halogenated alkanes) is 12. The number of urea groups is 1. The van der Waals surface area contributed by atoms with E-state index < -0.39 is 0 Å². The summed E-state index contributed by atoms with van der Waals surface area (Å²) in [5, 5.41) is 2.86. The fraction of sp³-hybridized carbons (Fsp3) is 0.917. The van der Waals surface area contributed by atoms with Crippen LogP contribution in [0.3, 0.4) is 0 Å². The van der Waals surface area contributed by atoms with Crippen LogP contribution < -0.4 is 5.32 Å². The van der Waals surface area contributed by atoms with Gasteiger partial charge in [-0.15, -0.1) is 0 Å². The molecule has 0 fully saturated rings. The minimum atomic E-state index is -0.244. The minimum Gasteiger partial charge on any atom is -0.338 e. The van der Waals surface area contributed by atoms with Crippen molar-refractivity contribution in [3.63, 3.8) is 0 Å². The van der Waals surface area contributed by atoms with E-state index in [2.05, 4.69) is 17.1 Å². The van der Waals surface area contributed by atoms with Crippen LogP contribution in [-0.4, -0.2) is 55.5 Å². The van der Waals surface area contributed by atoms with Gasteiger partial charge in [-0.05, 0) is 40.4 Å². The van der Waals surface area contributed by atoms with Crippen molar-refractivity contribution < 1.29 is 9.59 Å². The molecule has 0 aromatic rings. The van der Waals surface area contributed by atoms with Crippen molar-refractivity contribution in [2.75, 3.05) is 33.7 Å². The first-order chi connectivity index (χ1) is 14.0. The van der Waals surface area contributed by atoms with Crippen LogP contribution in [-0.2, 0) is 4.79 Å². The summed E-state index contributed by atoms with van der Waals surface area (Å²) in [6.07, 6.45) is 18.2. The van der Waals surface area contributed by atoms with E-state index in [1.54, 1.807) is 0 Å². The molecule has 29 heavy (non-hydrogen) atoms. The number of imide groups is 1. The minimum absolute atomic E-state index is 0.0410. The normalized spacial score (nSPS) is 11.1. The maximum Gasteiger partial charge on any atom is 0.324 e. The molecule has 5 heteroatoms. The molecule has 1 N–H and O–H groups in total. The van der Waals surface area contributed by atoms with Gasteiger partial charge in [0.1, 0.15) is 0 Å². The number of carbonyl (C=O) groups excluding carboxylic acids is 2. The zero-order valence-electron chi connectivity index (χ0n) is 19.9. The summed E-state index contributed by atoms with van der Waals surface area (Å²) in [6, 6.07) is -0.244. The molecule has 0 saturated carbocycles. The van der Waals surface area contributed by atoms with Crippen LogP contribution in [0, 0.1) is 0 Å². The molecule has 0 aliphatic carbocycles. The predicted molar refractivity (Wildman–Crippen MR) is 124 cm³/mol. The summed E-state index contributed by atoms with van der Waals surface area (Å²) in [5.74, 6) is -0.0410. The van der Waals surface area contributed by atoms with Crippen molar-refractivity contribution in [3.05, 3.63) is 0 Å².